The van der Waals surface area contributed by atoms with E-state index in [1.54, 1.807) is 0 Å². The van der Waals surface area contributed by atoms with Gasteiger partial charge in [-0.15, -0.1) is 11.3 Å². The molecule has 0 saturated carbocycles. The maximum Gasteiger partial charge on any atom is 0.0535 e. The molecule has 1 aliphatic heterocycles. The number of hydrogen-bond donors (Lipinski definition) is 0. The van der Waals surface area contributed by atoms with Gasteiger partial charge in [0.25, 0.3) is 0 Å². The molecule has 0 bridgehead atoms. The minimum Gasteiger partial charge on any atom is -0.381 e. The molecule has 0 aromatic carbocycles. The van der Waals surface area contributed by atoms with Crippen molar-refractivity contribution in [2.24, 2.45) is 5.41 Å². The second kappa shape index (κ2) is 8.24. The molecule has 0 unspecified atom stereocenters. The molecule has 1 fully saturated rings. The van der Waals surface area contributed by atoms with E-state index in [0.717, 1.165) is 32.8 Å². The molecule has 1 saturated heterocycles. The summed E-state index contributed by atoms with van der Waals surface area (Å²) in [6, 6.07) is 8.72. The van der Waals surface area contributed by atoms with E-state index in [9.17, 15) is 0 Å². The molecule has 2 aromatic heterocycles. The van der Waals surface area contributed by atoms with Crippen LogP contribution in [0.25, 0.3) is 0 Å². The first-order valence-corrected chi connectivity index (χ1v) is 9.75. The normalized spacial score (nSPS) is 21.4. The Hall–Kier alpha value is -1.23. The summed E-state index contributed by atoms with van der Waals surface area (Å²) in [4.78, 5) is 9.73. The van der Waals surface area contributed by atoms with Crippen LogP contribution in [0.5, 0.6) is 0 Å². The third kappa shape index (κ3) is 4.65. The number of aromatic nitrogens is 1. The monoisotopic (exact) mass is 344 g/mol. The van der Waals surface area contributed by atoms with Crippen LogP contribution in [-0.2, 0) is 17.7 Å². The lowest BCUT2D eigenvalue weighted by atomic mass is 9.83. The standard InChI is InChI=1S/C20H28N2OS/c1-3-23-16-20(9-8-19-7-6-17(2)24-19)10-12-22(15-20)14-18-5-4-11-21-13-18/h4-7,11,13H,3,8-10,12,14-16H2,1-2H3/t20-/m1/s1. The van der Waals surface area contributed by atoms with E-state index in [-0.39, 0.29) is 0 Å². The highest BCUT2D eigenvalue weighted by Crippen LogP contribution is 2.37. The topological polar surface area (TPSA) is 25.4 Å². The summed E-state index contributed by atoms with van der Waals surface area (Å²) in [6.45, 7) is 9.27. The van der Waals surface area contributed by atoms with Crippen molar-refractivity contribution in [2.75, 3.05) is 26.3 Å². The molecule has 3 rings (SSSR count). The molecule has 3 heterocycles. The van der Waals surface area contributed by atoms with E-state index in [2.05, 4.69) is 41.9 Å². The van der Waals surface area contributed by atoms with Crippen LogP contribution < -0.4 is 0 Å². The molecule has 1 aliphatic rings. The number of aryl methyl sites for hydroxylation is 2. The average Bonchev–Trinajstić information content (AvgIpc) is 3.19. The lowest BCUT2D eigenvalue weighted by Crippen LogP contribution is -2.32. The van der Waals surface area contributed by atoms with Gasteiger partial charge < -0.3 is 4.74 Å². The number of thiophene rings is 1. The van der Waals surface area contributed by atoms with Gasteiger partial charge in [-0.05, 0) is 63.4 Å². The van der Waals surface area contributed by atoms with Crippen LogP contribution in [0.4, 0.5) is 0 Å². The highest BCUT2D eigenvalue weighted by molar-refractivity contribution is 7.11. The Balaban J connectivity index is 1.61. The van der Waals surface area contributed by atoms with Crippen molar-refractivity contribution < 1.29 is 4.74 Å². The molecule has 0 N–H and O–H groups in total. The van der Waals surface area contributed by atoms with Crippen molar-refractivity contribution >= 4 is 11.3 Å². The Kier molecular flexibility index (Phi) is 6.04. The van der Waals surface area contributed by atoms with E-state index in [4.69, 9.17) is 4.74 Å². The van der Waals surface area contributed by atoms with Crippen LogP contribution in [-0.4, -0.2) is 36.2 Å². The van der Waals surface area contributed by atoms with E-state index < -0.39 is 0 Å². The summed E-state index contributed by atoms with van der Waals surface area (Å²) in [5.41, 5.74) is 1.61. The number of nitrogens with zero attached hydrogens (tertiary/aromatic N) is 2. The van der Waals surface area contributed by atoms with Crippen molar-refractivity contribution in [1.82, 2.24) is 9.88 Å². The number of rotatable bonds is 8. The summed E-state index contributed by atoms with van der Waals surface area (Å²) in [7, 11) is 0. The lowest BCUT2D eigenvalue weighted by molar-refractivity contribution is 0.0490. The quantitative estimate of drug-likeness (QED) is 0.713. The molecule has 2 aromatic rings. The predicted octanol–water partition coefficient (Wildman–Crippen LogP) is 4.31. The van der Waals surface area contributed by atoms with Crippen LogP contribution in [0.3, 0.4) is 0 Å². The predicted molar refractivity (Wildman–Crippen MR) is 100 cm³/mol. The first-order valence-electron chi connectivity index (χ1n) is 8.93. The molecule has 130 valence electrons. The fraction of sp³-hybridized carbons (Fsp3) is 0.550. The molecule has 0 amide bonds. The maximum atomic E-state index is 5.88. The number of likely N-dealkylation sites (tertiary alicyclic amines) is 1. The van der Waals surface area contributed by atoms with E-state index in [1.165, 1.54) is 34.6 Å². The first kappa shape index (κ1) is 17.6. The van der Waals surface area contributed by atoms with Gasteiger partial charge in [0.1, 0.15) is 0 Å². The van der Waals surface area contributed by atoms with Crippen molar-refractivity contribution in [3.05, 3.63) is 52.0 Å². The van der Waals surface area contributed by atoms with Crippen LogP contribution >= 0.6 is 11.3 Å². The van der Waals surface area contributed by atoms with Gasteiger partial charge in [0.15, 0.2) is 0 Å². The van der Waals surface area contributed by atoms with Gasteiger partial charge in [0.2, 0.25) is 0 Å². The summed E-state index contributed by atoms with van der Waals surface area (Å²) < 4.78 is 5.88. The second-order valence-corrected chi connectivity index (χ2v) is 8.34. The molecule has 1 atom stereocenters. The Bertz CT molecular complexity index is 628. The molecule has 24 heavy (non-hydrogen) atoms. The molecule has 0 spiro atoms. The van der Waals surface area contributed by atoms with Gasteiger partial charge in [-0.25, -0.2) is 0 Å². The van der Waals surface area contributed by atoms with Crippen molar-refractivity contribution in [3.8, 4) is 0 Å². The number of pyridine rings is 1. The van der Waals surface area contributed by atoms with Gasteiger partial charge in [0, 0.05) is 47.3 Å². The summed E-state index contributed by atoms with van der Waals surface area (Å²) >= 11 is 1.93. The highest BCUT2D eigenvalue weighted by atomic mass is 32.1. The third-order valence-corrected chi connectivity index (χ3v) is 6.02. The van der Waals surface area contributed by atoms with Crippen LogP contribution in [0.15, 0.2) is 36.7 Å². The average molecular weight is 345 g/mol. The van der Waals surface area contributed by atoms with E-state index in [1.807, 2.05) is 29.8 Å². The van der Waals surface area contributed by atoms with Gasteiger partial charge in [-0.2, -0.15) is 0 Å². The van der Waals surface area contributed by atoms with Gasteiger partial charge in [0.05, 0.1) is 6.61 Å². The second-order valence-electron chi connectivity index (χ2n) is 6.97. The number of ether oxygens (including phenoxy) is 1. The summed E-state index contributed by atoms with van der Waals surface area (Å²) in [5.74, 6) is 0. The highest BCUT2D eigenvalue weighted by Gasteiger charge is 2.38. The Labute approximate surface area is 149 Å². The first-order chi connectivity index (χ1) is 11.7. The maximum absolute atomic E-state index is 5.88. The fourth-order valence-corrected chi connectivity index (χ4v) is 4.52. The van der Waals surface area contributed by atoms with Crippen LogP contribution in [0, 0.1) is 12.3 Å². The Morgan fingerprint density at radius 1 is 1.33 bits per heavy atom. The zero-order chi connectivity index (χ0) is 16.8. The molecule has 0 aliphatic carbocycles. The minimum absolute atomic E-state index is 0.302. The zero-order valence-corrected chi connectivity index (χ0v) is 15.6. The van der Waals surface area contributed by atoms with Crippen molar-refractivity contribution in [2.45, 2.75) is 39.7 Å². The molecular formula is C20H28N2OS. The number of hydrogen-bond acceptors (Lipinski definition) is 4. The van der Waals surface area contributed by atoms with Gasteiger partial charge >= 0.3 is 0 Å². The Morgan fingerprint density at radius 2 is 2.25 bits per heavy atom. The minimum atomic E-state index is 0.302. The largest absolute Gasteiger partial charge is 0.381 e. The van der Waals surface area contributed by atoms with Gasteiger partial charge in [-0.1, -0.05) is 6.07 Å². The van der Waals surface area contributed by atoms with Crippen LogP contribution in [0.1, 0.15) is 35.1 Å². The summed E-state index contributed by atoms with van der Waals surface area (Å²) in [5, 5.41) is 0. The molecular weight excluding hydrogens is 316 g/mol. The van der Waals surface area contributed by atoms with Gasteiger partial charge in [-0.3, -0.25) is 9.88 Å². The third-order valence-electron chi connectivity index (χ3n) is 4.96. The van der Waals surface area contributed by atoms with Crippen molar-refractivity contribution in [3.63, 3.8) is 0 Å². The molecule has 0 radical (unpaired) electrons. The lowest BCUT2D eigenvalue weighted by Gasteiger charge is -2.29. The van der Waals surface area contributed by atoms with Crippen LogP contribution in [0.2, 0.25) is 0 Å². The SMILES string of the molecule is CCOC[C@]1(CCc2ccc(C)s2)CCN(Cc2cccnc2)C1. The molecule has 4 heteroatoms. The van der Waals surface area contributed by atoms with Crippen molar-refractivity contribution in [1.29, 1.82) is 0 Å². The smallest absolute Gasteiger partial charge is 0.0535 e. The molecule has 3 nitrogen and oxygen atoms in total. The fourth-order valence-electron chi connectivity index (χ4n) is 3.63. The zero-order valence-electron chi connectivity index (χ0n) is 14.8. The van der Waals surface area contributed by atoms with E-state index in [0.29, 0.717) is 5.41 Å². The summed E-state index contributed by atoms with van der Waals surface area (Å²) in [6.07, 6.45) is 7.45. The Morgan fingerprint density at radius 3 is 2.96 bits per heavy atom. The van der Waals surface area contributed by atoms with E-state index >= 15 is 0 Å².